The van der Waals surface area contributed by atoms with Gasteiger partial charge in [0.05, 0.1) is 5.56 Å². The lowest BCUT2D eigenvalue weighted by Gasteiger charge is -2.09. The Labute approximate surface area is 121 Å². The maximum absolute atomic E-state index is 12.5. The number of nitrogens with one attached hydrogen (secondary N) is 2. The molecule has 6 nitrogen and oxygen atoms in total. The van der Waals surface area contributed by atoms with Gasteiger partial charge in [0.15, 0.2) is 5.69 Å². The van der Waals surface area contributed by atoms with Crippen LogP contribution in [-0.2, 0) is 12.7 Å². The third-order valence-corrected chi connectivity index (χ3v) is 2.69. The van der Waals surface area contributed by atoms with Crippen LogP contribution in [0.5, 0.6) is 0 Å². The van der Waals surface area contributed by atoms with Gasteiger partial charge < -0.3 is 10.4 Å². The number of alkyl halides is 3. The molecular formula is C13H10F3N3O3. The summed E-state index contributed by atoms with van der Waals surface area (Å²) >= 11 is 0. The molecule has 0 bridgehead atoms. The first kappa shape index (κ1) is 15.5. The van der Waals surface area contributed by atoms with E-state index in [1.54, 1.807) is 0 Å². The van der Waals surface area contributed by atoms with Gasteiger partial charge in [0.25, 0.3) is 5.56 Å². The molecule has 0 spiro atoms. The SMILES string of the molecule is O=C(O)c1ccc(CNc2nc(C(F)(F)F)cc(=O)[nH]2)cc1. The fraction of sp³-hybridized carbons (Fsp3) is 0.154. The van der Waals surface area contributed by atoms with E-state index in [4.69, 9.17) is 5.11 Å². The van der Waals surface area contributed by atoms with Crippen LogP contribution >= 0.6 is 0 Å². The van der Waals surface area contributed by atoms with Crippen molar-refractivity contribution in [3.05, 3.63) is 57.5 Å². The summed E-state index contributed by atoms with van der Waals surface area (Å²) < 4.78 is 37.6. The lowest BCUT2D eigenvalue weighted by molar-refractivity contribution is -0.141. The Balaban J connectivity index is 2.13. The van der Waals surface area contributed by atoms with Crippen molar-refractivity contribution in [2.45, 2.75) is 12.7 Å². The van der Waals surface area contributed by atoms with Crippen molar-refractivity contribution in [1.29, 1.82) is 0 Å². The number of anilines is 1. The van der Waals surface area contributed by atoms with Crippen LogP contribution in [0.3, 0.4) is 0 Å². The molecule has 0 atom stereocenters. The standard InChI is InChI=1S/C13H10F3N3O3/c14-13(15,16)9-5-10(20)19-12(18-9)17-6-7-1-3-8(4-2-7)11(21)22/h1-5H,6H2,(H,21,22)(H2,17,18,19,20). The van der Waals surface area contributed by atoms with E-state index in [0.29, 0.717) is 11.6 Å². The van der Waals surface area contributed by atoms with E-state index in [-0.39, 0.29) is 18.1 Å². The van der Waals surface area contributed by atoms with Crippen LogP contribution in [0.15, 0.2) is 35.1 Å². The number of aromatic nitrogens is 2. The average Bonchev–Trinajstić information content (AvgIpc) is 2.44. The van der Waals surface area contributed by atoms with E-state index in [2.05, 4.69) is 15.3 Å². The average molecular weight is 313 g/mol. The van der Waals surface area contributed by atoms with Gasteiger partial charge in [0, 0.05) is 12.6 Å². The molecule has 0 aliphatic carbocycles. The second kappa shape index (κ2) is 5.88. The van der Waals surface area contributed by atoms with Crippen LogP contribution in [0.25, 0.3) is 0 Å². The van der Waals surface area contributed by atoms with Gasteiger partial charge in [-0.15, -0.1) is 0 Å². The van der Waals surface area contributed by atoms with Crippen LogP contribution in [-0.4, -0.2) is 21.0 Å². The van der Waals surface area contributed by atoms with Crippen molar-refractivity contribution in [3.63, 3.8) is 0 Å². The number of hydrogen-bond donors (Lipinski definition) is 3. The Morgan fingerprint density at radius 2 is 1.91 bits per heavy atom. The quantitative estimate of drug-likeness (QED) is 0.803. The molecule has 0 aliphatic rings. The number of aromatic carboxylic acids is 1. The third-order valence-electron chi connectivity index (χ3n) is 2.69. The molecular weight excluding hydrogens is 303 g/mol. The van der Waals surface area contributed by atoms with Crippen molar-refractivity contribution >= 4 is 11.9 Å². The molecule has 0 saturated heterocycles. The van der Waals surface area contributed by atoms with Crippen molar-refractivity contribution < 1.29 is 23.1 Å². The molecule has 1 aromatic carbocycles. The summed E-state index contributed by atoms with van der Waals surface area (Å²) in [6.45, 7) is 0.0736. The fourth-order valence-corrected chi connectivity index (χ4v) is 1.64. The smallest absolute Gasteiger partial charge is 0.433 e. The molecule has 3 N–H and O–H groups in total. The summed E-state index contributed by atoms with van der Waals surface area (Å²) in [7, 11) is 0. The maximum Gasteiger partial charge on any atom is 0.433 e. The number of nitrogens with zero attached hydrogens (tertiary/aromatic N) is 1. The van der Waals surface area contributed by atoms with E-state index in [0.717, 1.165) is 0 Å². The highest BCUT2D eigenvalue weighted by molar-refractivity contribution is 5.87. The predicted octanol–water partition coefficient (Wildman–Crippen LogP) is 2.10. The largest absolute Gasteiger partial charge is 0.478 e. The highest BCUT2D eigenvalue weighted by Gasteiger charge is 2.33. The number of hydrogen-bond acceptors (Lipinski definition) is 4. The molecule has 0 aliphatic heterocycles. The molecule has 1 aromatic heterocycles. The van der Waals surface area contributed by atoms with Crippen molar-refractivity contribution in [1.82, 2.24) is 9.97 Å². The monoisotopic (exact) mass is 313 g/mol. The van der Waals surface area contributed by atoms with E-state index in [1.165, 1.54) is 24.3 Å². The normalized spacial score (nSPS) is 11.2. The summed E-state index contributed by atoms with van der Waals surface area (Å²) in [5.74, 6) is -1.40. The van der Waals surface area contributed by atoms with E-state index >= 15 is 0 Å². The summed E-state index contributed by atoms with van der Waals surface area (Å²) in [5, 5.41) is 11.3. The van der Waals surface area contributed by atoms with Crippen LogP contribution in [0.4, 0.5) is 19.1 Å². The number of aromatic amines is 1. The van der Waals surface area contributed by atoms with Crippen molar-refractivity contribution in [2.75, 3.05) is 5.32 Å². The van der Waals surface area contributed by atoms with Crippen LogP contribution in [0, 0.1) is 0 Å². The topological polar surface area (TPSA) is 95.1 Å². The summed E-state index contributed by atoms with van der Waals surface area (Å²) in [5.41, 5.74) is -1.51. The fourth-order valence-electron chi connectivity index (χ4n) is 1.64. The number of halogens is 3. The number of carboxylic acids is 1. The molecule has 2 aromatic rings. The molecule has 9 heteroatoms. The molecule has 0 fully saturated rings. The first-order valence-corrected chi connectivity index (χ1v) is 6.00. The van der Waals surface area contributed by atoms with Gasteiger partial charge in [-0.3, -0.25) is 9.78 Å². The number of carbonyl (C=O) groups is 1. The van der Waals surface area contributed by atoms with Gasteiger partial charge in [0.1, 0.15) is 0 Å². The van der Waals surface area contributed by atoms with Crippen LogP contribution < -0.4 is 10.9 Å². The first-order chi connectivity index (χ1) is 10.3. The molecule has 116 valence electrons. The highest BCUT2D eigenvalue weighted by atomic mass is 19.4. The molecule has 0 saturated carbocycles. The van der Waals surface area contributed by atoms with E-state index < -0.39 is 23.4 Å². The molecule has 22 heavy (non-hydrogen) atoms. The van der Waals surface area contributed by atoms with Crippen molar-refractivity contribution in [2.24, 2.45) is 0 Å². The van der Waals surface area contributed by atoms with Crippen LogP contribution in [0.1, 0.15) is 21.6 Å². The first-order valence-electron chi connectivity index (χ1n) is 6.00. The molecule has 0 radical (unpaired) electrons. The highest BCUT2D eigenvalue weighted by Crippen LogP contribution is 2.26. The second-order valence-corrected chi connectivity index (χ2v) is 4.33. The van der Waals surface area contributed by atoms with Crippen molar-refractivity contribution in [3.8, 4) is 0 Å². The number of rotatable bonds is 4. The Morgan fingerprint density at radius 1 is 1.27 bits per heavy atom. The molecule has 2 rings (SSSR count). The van der Waals surface area contributed by atoms with Gasteiger partial charge in [-0.1, -0.05) is 12.1 Å². The summed E-state index contributed by atoms with van der Waals surface area (Å²) in [6.07, 6.45) is -4.71. The van der Waals surface area contributed by atoms with Gasteiger partial charge >= 0.3 is 12.1 Å². The lowest BCUT2D eigenvalue weighted by atomic mass is 10.1. The van der Waals surface area contributed by atoms with E-state index in [1.807, 2.05) is 0 Å². The Morgan fingerprint density at radius 3 is 2.45 bits per heavy atom. The number of benzene rings is 1. The summed E-state index contributed by atoms with van der Waals surface area (Å²) in [4.78, 5) is 27.3. The zero-order valence-corrected chi connectivity index (χ0v) is 10.9. The second-order valence-electron chi connectivity index (χ2n) is 4.33. The molecule has 1 heterocycles. The maximum atomic E-state index is 12.5. The zero-order valence-electron chi connectivity index (χ0n) is 10.9. The lowest BCUT2D eigenvalue weighted by Crippen LogP contribution is -2.18. The summed E-state index contributed by atoms with van der Waals surface area (Å²) in [6, 6.07) is 6.10. The zero-order chi connectivity index (χ0) is 16.3. The molecule has 0 unspecified atom stereocenters. The number of H-pyrrole nitrogens is 1. The molecule has 0 amide bonds. The van der Waals surface area contributed by atoms with Gasteiger partial charge in [0.2, 0.25) is 5.95 Å². The van der Waals surface area contributed by atoms with E-state index in [9.17, 15) is 22.8 Å². The minimum Gasteiger partial charge on any atom is -0.478 e. The van der Waals surface area contributed by atoms with Gasteiger partial charge in [-0.25, -0.2) is 9.78 Å². The number of carboxylic acid groups (broad SMARTS) is 1. The minimum absolute atomic E-state index is 0.0736. The Kier molecular flexibility index (Phi) is 4.15. The van der Waals surface area contributed by atoms with Crippen LogP contribution in [0.2, 0.25) is 0 Å². The Hall–Kier alpha value is -2.84. The van der Waals surface area contributed by atoms with Gasteiger partial charge in [-0.05, 0) is 17.7 Å². The minimum atomic E-state index is -4.71. The third kappa shape index (κ3) is 3.84. The Bertz CT molecular complexity index is 739. The predicted molar refractivity (Wildman–Crippen MR) is 70.6 cm³/mol. The van der Waals surface area contributed by atoms with Gasteiger partial charge in [-0.2, -0.15) is 13.2 Å².